The molecule has 0 N–H and O–H groups in total. The van der Waals surface area contributed by atoms with Gasteiger partial charge in [-0.1, -0.05) is 36.4 Å². The lowest BCUT2D eigenvalue weighted by Gasteiger charge is -1.96. The molecule has 0 amide bonds. The first-order valence-corrected chi connectivity index (χ1v) is 5.10. The zero-order valence-electron chi connectivity index (χ0n) is 8.98. The molecule has 0 radical (unpaired) electrons. The van der Waals surface area contributed by atoms with Gasteiger partial charge in [-0.15, -0.1) is 0 Å². The van der Waals surface area contributed by atoms with Crippen LogP contribution in [0, 0.1) is 10.1 Å². The van der Waals surface area contributed by atoms with Crippen molar-refractivity contribution in [3.05, 3.63) is 69.9 Å². The zero-order valence-corrected chi connectivity index (χ0v) is 8.98. The molecule has 4 nitrogen and oxygen atoms in total. The summed E-state index contributed by atoms with van der Waals surface area (Å²) in [6, 6.07) is 13.0. The van der Waals surface area contributed by atoms with Crippen molar-refractivity contribution in [2.75, 3.05) is 0 Å². The molecule has 0 bridgehead atoms. The van der Waals surface area contributed by atoms with Gasteiger partial charge < -0.3 is 10.1 Å². The summed E-state index contributed by atoms with van der Waals surface area (Å²) in [5.41, 5.74) is 1.49. The van der Waals surface area contributed by atoms with Crippen LogP contribution in [0.1, 0.15) is 11.1 Å². The van der Waals surface area contributed by atoms with E-state index in [0.717, 1.165) is 5.56 Å². The summed E-state index contributed by atoms with van der Waals surface area (Å²) < 4.78 is 0. The number of aromatic nitrogens is 1. The largest absolute Gasteiger partial charge is 0.370 e. The van der Waals surface area contributed by atoms with Crippen LogP contribution in [0.25, 0.3) is 12.2 Å². The maximum absolute atomic E-state index is 10.7. The molecule has 0 aliphatic heterocycles. The highest BCUT2D eigenvalue weighted by molar-refractivity contribution is 5.72. The number of hydrogen-bond acceptors (Lipinski definition) is 3. The summed E-state index contributed by atoms with van der Waals surface area (Å²) in [5.74, 6) is -0.125. The van der Waals surface area contributed by atoms with Gasteiger partial charge in [-0.25, -0.2) is 0 Å². The molecule has 0 saturated heterocycles. The van der Waals surface area contributed by atoms with Gasteiger partial charge in [0.05, 0.1) is 5.56 Å². The summed E-state index contributed by atoms with van der Waals surface area (Å²) in [5, 5.41) is 10.7. The van der Waals surface area contributed by atoms with E-state index in [4.69, 9.17) is 0 Å². The van der Waals surface area contributed by atoms with E-state index in [1.165, 1.54) is 6.20 Å². The van der Waals surface area contributed by atoms with E-state index < -0.39 is 4.92 Å². The maximum Gasteiger partial charge on any atom is 0.370 e. The molecule has 0 atom stereocenters. The monoisotopic (exact) mass is 226 g/mol. The molecule has 2 rings (SSSR count). The Bertz CT molecular complexity index is 550. The van der Waals surface area contributed by atoms with Gasteiger partial charge in [0.1, 0.15) is 6.20 Å². The average Bonchev–Trinajstić information content (AvgIpc) is 2.38. The fraction of sp³-hybridized carbons (Fsp3) is 0. The molecule has 17 heavy (non-hydrogen) atoms. The Morgan fingerprint density at radius 2 is 1.82 bits per heavy atom. The van der Waals surface area contributed by atoms with Gasteiger partial charge in [0.2, 0.25) is 0 Å². The lowest BCUT2D eigenvalue weighted by Crippen LogP contribution is -1.93. The van der Waals surface area contributed by atoms with Crippen LogP contribution in [-0.4, -0.2) is 9.91 Å². The molecule has 1 aromatic heterocycles. The number of hydrogen-bond donors (Lipinski definition) is 0. The van der Waals surface area contributed by atoms with Crippen molar-refractivity contribution < 1.29 is 4.92 Å². The Balaban J connectivity index is 2.30. The minimum absolute atomic E-state index is 0.125. The first-order valence-electron chi connectivity index (χ1n) is 5.10. The molecule has 4 heteroatoms. The third kappa shape index (κ3) is 2.75. The third-order valence-corrected chi connectivity index (χ3v) is 2.24. The van der Waals surface area contributed by atoms with Gasteiger partial charge in [-0.05, 0) is 33.7 Å². The van der Waals surface area contributed by atoms with Crippen LogP contribution in [0.3, 0.4) is 0 Å². The van der Waals surface area contributed by atoms with E-state index in [0.29, 0.717) is 5.56 Å². The summed E-state index contributed by atoms with van der Waals surface area (Å²) in [6.45, 7) is 0. The molecule has 0 unspecified atom stereocenters. The van der Waals surface area contributed by atoms with Gasteiger partial charge in [-0.2, -0.15) is 0 Å². The fourth-order valence-electron chi connectivity index (χ4n) is 1.44. The molecule has 84 valence electrons. The molecule has 0 saturated carbocycles. The lowest BCUT2D eigenvalue weighted by molar-refractivity contribution is -0.389. The number of rotatable bonds is 3. The summed E-state index contributed by atoms with van der Waals surface area (Å²) in [7, 11) is 0. The van der Waals surface area contributed by atoms with Crippen LogP contribution in [0.15, 0.2) is 48.7 Å². The van der Waals surface area contributed by atoms with Gasteiger partial charge in [0.15, 0.2) is 0 Å². The van der Waals surface area contributed by atoms with Crippen LogP contribution < -0.4 is 0 Å². The van der Waals surface area contributed by atoms with Crippen LogP contribution in [0.5, 0.6) is 0 Å². The van der Waals surface area contributed by atoms with Crippen molar-refractivity contribution in [2.24, 2.45) is 0 Å². The normalized spacial score (nSPS) is 10.6. The molecule has 0 spiro atoms. The Morgan fingerprint density at radius 1 is 1.06 bits per heavy atom. The van der Waals surface area contributed by atoms with Crippen LogP contribution in [-0.2, 0) is 0 Å². The number of benzene rings is 1. The Kier molecular flexibility index (Phi) is 3.25. The quantitative estimate of drug-likeness (QED) is 0.596. The van der Waals surface area contributed by atoms with Gasteiger partial charge in [0.25, 0.3) is 0 Å². The van der Waals surface area contributed by atoms with E-state index in [1.54, 1.807) is 18.2 Å². The van der Waals surface area contributed by atoms with E-state index in [1.807, 2.05) is 36.4 Å². The molecule has 1 heterocycles. The van der Waals surface area contributed by atoms with Crippen molar-refractivity contribution in [3.63, 3.8) is 0 Å². The summed E-state index contributed by atoms with van der Waals surface area (Å²) in [6.07, 6.45) is 4.93. The molecular formula is C13H10N2O2. The van der Waals surface area contributed by atoms with E-state index in [9.17, 15) is 10.1 Å². The molecule has 0 aliphatic carbocycles. The Morgan fingerprint density at radius 3 is 2.53 bits per heavy atom. The highest BCUT2D eigenvalue weighted by atomic mass is 16.6. The minimum Gasteiger partial charge on any atom is -0.358 e. The predicted octanol–water partition coefficient (Wildman–Crippen LogP) is 3.16. The van der Waals surface area contributed by atoms with Crippen LogP contribution in [0.4, 0.5) is 5.82 Å². The molecule has 0 fully saturated rings. The lowest BCUT2D eigenvalue weighted by atomic mass is 10.1. The first kappa shape index (κ1) is 11.0. The molecular weight excluding hydrogens is 216 g/mol. The topological polar surface area (TPSA) is 56.0 Å². The fourth-order valence-corrected chi connectivity index (χ4v) is 1.44. The Labute approximate surface area is 98.4 Å². The van der Waals surface area contributed by atoms with E-state index in [-0.39, 0.29) is 5.82 Å². The Hall–Kier alpha value is -2.49. The van der Waals surface area contributed by atoms with Gasteiger partial charge in [0, 0.05) is 0 Å². The van der Waals surface area contributed by atoms with Gasteiger partial charge in [-0.3, -0.25) is 0 Å². The molecule has 1 aromatic carbocycles. The zero-order chi connectivity index (χ0) is 12.1. The smallest absolute Gasteiger partial charge is 0.358 e. The number of nitro groups is 1. The van der Waals surface area contributed by atoms with Crippen LogP contribution in [0.2, 0.25) is 0 Å². The van der Waals surface area contributed by atoms with E-state index in [2.05, 4.69) is 4.98 Å². The number of nitrogens with zero attached hydrogens (tertiary/aromatic N) is 2. The SMILES string of the molecule is O=[N+]([O-])c1ncccc1/C=C/c1ccccc1. The third-order valence-electron chi connectivity index (χ3n) is 2.24. The average molecular weight is 226 g/mol. The van der Waals surface area contributed by atoms with Gasteiger partial charge >= 0.3 is 5.82 Å². The first-order chi connectivity index (χ1) is 8.27. The predicted molar refractivity (Wildman–Crippen MR) is 66.3 cm³/mol. The second-order valence-corrected chi connectivity index (χ2v) is 3.42. The standard InChI is InChI=1S/C13H10N2O2/c16-15(17)13-12(7-4-10-14-13)9-8-11-5-2-1-3-6-11/h1-10H/b9-8+. The highest BCUT2D eigenvalue weighted by Gasteiger charge is 2.10. The molecule has 2 aromatic rings. The summed E-state index contributed by atoms with van der Waals surface area (Å²) in [4.78, 5) is 14.0. The van der Waals surface area contributed by atoms with Crippen molar-refractivity contribution >= 4 is 18.0 Å². The van der Waals surface area contributed by atoms with Crippen molar-refractivity contribution in [2.45, 2.75) is 0 Å². The number of pyridine rings is 1. The van der Waals surface area contributed by atoms with Crippen molar-refractivity contribution in [3.8, 4) is 0 Å². The molecule has 0 aliphatic rings. The van der Waals surface area contributed by atoms with Crippen molar-refractivity contribution in [1.82, 2.24) is 4.98 Å². The second kappa shape index (κ2) is 5.03. The van der Waals surface area contributed by atoms with E-state index >= 15 is 0 Å². The second-order valence-electron chi connectivity index (χ2n) is 3.42. The minimum atomic E-state index is -0.481. The summed E-state index contributed by atoms with van der Waals surface area (Å²) >= 11 is 0. The maximum atomic E-state index is 10.7. The van der Waals surface area contributed by atoms with Crippen molar-refractivity contribution in [1.29, 1.82) is 0 Å². The highest BCUT2D eigenvalue weighted by Crippen LogP contribution is 2.17. The van der Waals surface area contributed by atoms with Crippen LogP contribution >= 0.6 is 0 Å².